The van der Waals surface area contributed by atoms with Crippen LogP contribution in [0.4, 0.5) is 0 Å². The first-order valence-corrected chi connectivity index (χ1v) is 4.56. The van der Waals surface area contributed by atoms with Gasteiger partial charge in [-0.3, -0.25) is 0 Å². The second kappa shape index (κ2) is 12.6. The third kappa shape index (κ3) is 17.8. The molecule has 0 fully saturated rings. The maximum absolute atomic E-state index is 5.69. The summed E-state index contributed by atoms with van der Waals surface area (Å²) in [7, 11) is 3.75. The lowest BCUT2D eigenvalue weighted by atomic mass is 10.1. The molecule has 0 saturated carbocycles. The molecule has 0 aliphatic heterocycles. The molecule has 0 aromatic heterocycles. The molecule has 0 atom stereocenters. The second-order valence-electron chi connectivity index (χ2n) is 2.84. The van der Waals surface area contributed by atoms with Gasteiger partial charge >= 0.3 is 0 Å². The molecule has 11 heavy (non-hydrogen) atoms. The summed E-state index contributed by atoms with van der Waals surface area (Å²) >= 11 is 0. The maximum Gasteiger partial charge on any atom is 0.00386 e. The monoisotopic (exact) mass is 160 g/mol. The van der Waals surface area contributed by atoms with Crippen LogP contribution in [0, 0.1) is 0 Å². The predicted octanol–water partition coefficient (Wildman–Crippen LogP) is 1.75. The van der Waals surface area contributed by atoms with Crippen molar-refractivity contribution in [1.29, 1.82) is 0 Å². The zero-order valence-corrected chi connectivity index (χ0v) is 8.48. The van der Waals surface area contributed by atoms with Crippen LogP contribution < -0.4 is 11.1 Å². The first-order valence-electron chi connectivity index (χ1n) is 4.56. The van der Waals surface area contributed by atoms with Crippen LogP contribution in [0.5, 0.6) is 0 Å². The molecule has 0 radical (unpaired) electrons. The lowest BCUT2D eigenvalue weighted by Gasteiger charge is -2.05. The van der Waals surface area contributed by atoms with Gasteiger partial charge in [0.2, 0.25) is 0 Å². The lowest BCUT2D eigenvalue weighted by molar-refractivity contribution is 0.554. The Hall–Kier alpha value is -0.0800. The molecule has 0 spiro atoms. The van der Waals surface area contributed by atoms with Crippen LogP contribution in [0.1, 0.15) is 39.5 Å². The molecule has 3 N–H and O–H groups in total. The first-order chi connectivity index (χ1) is 5.22. The fraction of sp³-hybridized carbons (Fsp3) is 1.00. The van der Waals surface area contributed by atoms with E-state index in [0.29, 0.717) is 6.04 Å². The normalized spacial score (nSPS) is 9.27. The van der Waals surface area contributed by atoms with Gasteiger partial charge in [-0.2, -0.15) is 0 Å². The van der Waals surface area contributed by atoms with Crippen molar-refractivity contribution in [1.82, 2.24) is 5.32 Å². The SMILES string of the molecule is CCCC(N)CCC.CNC. The van der Waals surface area contributed by atoms with Crippen molar-refractivity contribution in [2.24, 2.45) is 5.73 Å². The van der Waals surface area contributed by atoms with Gasteiger partial charge < -0.3 is 11.1 Å². The minimum Gasteiger partial charge on any atom is -0.328 e. The van der Waals surface area contributed by atoms with Crippen LogP contribution in [0.15, 0.2) is 0 Å². The van der Waals surface area contributed by atoms with E-state index in [0.717, 1.165) is 0 Å². The van der Waals surface area contributed by atoms with Gasteiger partial charge in [-0.25, -0.2) is 0 Å². The van der Waals surface area contributed by atoms with Gasteiger partial charge in [0.15, 0.2) is 0 Å². The molecule has 2 heteroatoms. The maximum atomic E-state index is 5.69. The molecule has 0 amide bonds. The van der Waals surface area contributed by atoms with E-state index in [-0.39, 0.29) is 0 Å². The highest BCUT2D eigenvalue weighted by Crippen LogP contribution is 1.99. The highest BCUT2D eigenvalue weighted by Gasteiger charge is 1.95. The van der Waals surface area contributed by atoms with Crippen LogP contribution in [-0.2, 0) is 0 Å². The van der Waals surface area contributed by atoms with Crippen molar-refractivity contribution >= 4 is 0 Å². The Morgan fingerprint density at radius 3 is 1.55 bits per heavy atom. The Kier molecular flexibility index (Phi) is 15.4. The topological polar surface area (TPSA) is 38.0 Å². The summed E-state index contributed by atoms with van der Waals surface area (Å²) < 4.78 is 0. The Bertz CT molecular complexity index is 49.5. The summed E-state index contributed by atoms with van der Waals surface area (Å²) in [5.74, 6) is 0. The molecule has 0 bridgehead atoms. The summed E-state index contributed by atoms with van der Waals surface area (Å²) in [6, 6.07) is 0.463. The third-order valence-electron chi connectivity index (χ3n) is 1.32. The molecule has 2 nitrogen and oxygen atoms in total. The summed E-state index contributed by atoms with van der Waals surface area (Å²) in [6.07, 6.45) is 4.82. The number of rotatable bonds is 4. The van der Waals surface area contributed by atoms with E-state index in [1.165, 1.54) is 25.7 Å². The number of hydrogen-bond acceptors (Lipinski definition) is 2. The molecule has 0 aromatic carbocycles. The number of hydrogen-bond donors (Lipinski definition) is 2. The van der Waals surface area contributed by atoms with Gasteiger partial charge in [0.25, 0.3) is 0 Å². The van der Waals surface area contributed by atoms with Crippen molar-refractivity contribution in [3.05, 3.63) is 0 Å². The molecular weight excluding hydrogens is 136 g/mol. The predicted molar refractivity (Wildman–Crippen MR) is 52.8 cm³/mol. The van der Waals surface area contributed by atoms with Crippen molar-refractivity contribution < 1.29 is 0 Å². The van der Waals surface area contributed by atoms with Crippen LogP contribution in [0.3, 0.4) is 0 Å². The largest absolute Gasteiger partial charge is 0.328 e. The summed E-state index contributed by atoms with van der Waals surface area (Å²) in [5, 5.41) is 2.75. The molecule has 0 aliphatic rings. The quantitative estimate of drug-likeness (QED) is 0.657. The van der Waals surface area contributed by atoms with Crippen LogP contribution in [0.25, 0.3) is 0 Å². The van der Waals surface area contributed by atoms with Gasteiger partial charge in [0.1, 0.15) is 0 Å². The van der Waals surface area contributed by atoms with E-state index in [2.05, 4.69) is 19.2 Å². The lowest BCUT2D eigenvalue weighted by Crippen LogP contribution is -2.18. The smallest absolute Gasteiger partial charge is 0.00386 e. The Labute approximate surface area is 71.6 Å². The first kappa shape index (κ1) is 13.5. The highest BCUT2D eigenvalue weighted by molar-refractivity contribution is 4.57. The van der Waals surface area contributed by atoms with Crippen molar-refractivity contribution in [2.45, 2.75) is 45.6 Å². The molecule has 0 aliphatic carbocycles. The van der Waals surface area contributed by atoms with E-state index in [9.17, 15) is 0 Å². The zero-order chi connectivity index (χ0) is 9.11. The van der Waals surface area contributed by atoms with Crippen molar-refractivity contribution in [3.8, 4) is 0 Å². The highest BCUT2D eigenvalue weighted by atomic mass is 14.7. The fourth-order valence-corrected chi connectivity index (χ4v) is 0.886. The standard InChI is InChI=1S/C7H17N.C2H7N/c1-3-5-7(8)6-4-2;1-3-2/h7H,3-6,8H2,1-2H3;3H,1-2H3. The van der Waals surface area contributed by atoms with Crippen LogP contribution in [0.2, 0.25) is 0 Å². The molecule has 0 unspecified atom stereocenters. The van der Waals surface area contributed by atoms with Gasteiger partial charge in [-0.1, -0.05) is 26.7 Å². The van der Waals surface area contributed by atoms with E-state index in [1.807, 2.05) is 14.1 Å². The minimum atomic E-state index is 0.463. The van der Waals surface area contributed by atoms with E-state index in [1.54, 1.807) is 0 Å². The van der Waals surface area contributed by atoms with Gasteiger partial charge in [0, 0.05) is 6.04 Å². The average Bonchev–Trinajstić information content (AvgIpc) is 1.90. The van der Waals surface area contributed by atoms with Gasteiger partial charge in [-0.05, 0) is 26.9 Å². The van der Waals surface area contributed by atoms with E-state index >= 15 is 0 Å². The molecule has 0 aromatic rings. The number of nitrogens with two attached hydrogens (primary N) is 1. The van der Waals surface area contributed by atoms with Gasteiger partial charge in [-0.15, -0.1) is 0 Å². The Morgan fingerprint density at radius 1 is 1.09 bits per heavy atom. The number of nitrogens with one attached hydrogen (secondary N) is 1. The van der Waals surface area contributed by atoms with Gasteiger partial charge in [0.05, 0.1) is 0 Å². The molecule has 0 heterocycles. The zero-order valence-electron chi connectivity index (χ0n) is 8.48. The van der Waals surface area contributed by atoms with E-state index < -0.39 is 0 Å². The molecule has 70 valence electrons. The van der Waals surface area contributed by atoms with Crippen molar-refractivity contribution in [3.63, 3.8) is 0 Å². The minimum absolute atomic E-state index is 0.463. The van der Waals surface area contributed by atoms with Crippen molar-refractivity contribution in [2.75, 3.05) is 14.1 Å². The molecular formula is C9H24N2. The van der Waals surface area contributed by atoms with Crippen LogP contribution in [-0.4, -0.2) is 20.1 Å². The average molecular weight is 160 g/mol. The summed E-state index contributed by atoms with van der Waals surface area (Å²) in [5.41, 5.74) is 5.69. The summed E-state index contributed by atoms with van der Waals surface area (Å²) in [4.78, 5) is 0. The third-order valence-corrected chi connectivity index (χ3v) is 1.32. The molecule has 0 saturated heterocycles. The van der Waals surface area contributed by atoms with E-state index in [4.69, 9.17) is 5.73 Å². The Balaban J connectivity index is 0. The van der Waals surface area contributed by atoms with Crippen LogP contribution >= 0.6 is 0 Å². The fourth-order valence-electron chi connectivity index (χ4n) is 0.886. The second-order valence-corrected chi connectivity index (χ2v) is 2.84. The molecule has 0 rings (SSSR count). The summed E-state index contributed by atoms with van der Waals surface area (Å²) in [6.45, 7) is 4.35. The Morgan fingerprint density at radius 2 is 1.36 bits per heavy atom.